The standard InChI is InChI=1S/C43H63Cl3N4O7Si/c1-27(2)32-17-16-31-15-14-30(25-34(31)48-32)18-19-42(22-20-41(9,21-23-42)57-58(10,11)40(6,7)8)39(54)56-35(28(3)4)36(51)47-29(5)37(52)50-24-12-13-33(49-50)38(53)55-26-43(44,45)46/h14-19,25,27-29,33,35,49H,12-13,20-24,26H2,1-11H3,(H,47,51)/b19-18+/t29-,33-,35-,41?,42?/m0/s1. The van der Waals surface area contributed by atoms with Crippen molar-refractivity contribution >= 4 is 83.9 Å². The van der Waals surface area contributed by atoms with E-state index in [-0.39, 0.29) is 11.0 Å². The second kappa shape index (κ2) is 18.9. The van der Waals surface area contributed by atoms with E-state index in [4.69, 9.17) is 53.7 Å². The molecule has 1 aliphatic heterocycles. The maximum atomic E-state index is 14.6. The van der Waals surface area contributed by atoms with E-state index in [1.165, 1.54) is 5.01 Å². The molecule has 1 saturated heterocycles. The molecule has 1 aromatic carbocycles. The predicted octanol–water partition coefficient (Wildman–Crippen LogP) is 9.19. The molecule has 1 aromatic heterocycles. The SMILES string of the molecule is CC(C)c1ccc2ccc(/C=C/C3(C(=O)O[C@H](C(=O)N[C@@H](C)C(=O)N4CCC[C@@H](C(=O)OCC(Cl)(Cl)Cl)N4)C(C)C)CCC(C)(O[Si](C)(C)C(C)(C)C)CC3)cc2n1. The van der Waals surface area contributed by atoms with Crippen LogP contribution in [0.15, 0.2) is 36.4 Å². The molecule has 0 bridgehead atoms. The van der Waals surface area contributed by atoms with Crippen LogP contribution in [0.4, 0.5) is 0 Å². The van der Waals surface area contributed by atoms with Crippen LogP contribution in [-0.4, -0.2) is 82.8 Å². The summed E-state index contributed by atoms with van der Waals surface area (Å²) >= 11 is 17.2. The number of benzene rings is 1. The summed E-state index contributed by atoms with van der Waals surface area (Å²) in [5.41, 5.74) is 4.19. The highest BCUT2D eigenvalue weighted by Crippen LogP contribution is 2.49. The molecule has 1 saturated carbocycles. The van der Waals surface area contributed by atoms with Gasteiger partial charge < -0.3 is 19.2 Å². The average molecular weight is 882 g/mol. The minimum Gasteiger partial charge on any atom is -0.460 e. The second-order valence-electron chi connectivity index (χ2n) is 18.5. The van der Waals surface area contributed by atoms with Crippen LogP contribution in [0.2, 0.25) is 18.1 Å². The fraction of sp³-hybridized carbons (Fsp3) is 0.651. The summed E-state index contributed by atoms with van der Waals surface area (Å²) in [4.78, 5) is 59.4. The zero-order valence-electron chi connectivity index (χ0n) is 36.0. The minimum atomic E-state index is -2.13. The van der Waals surface area contributed by atoms with Crippen LogP contribution < -0.4 is 10.7 Å². The minimum absolute atomic E-state index is 0.0177. The molecule has 2 N–H and O–H groups in total. The van der Waals surface area contributed by atoms with Gasteiger partial charge in [-0.1, -0.05) is 114 Å². The van der Waals surface area contributed by atoms with Gasteiger partial charge in [0.05, 0.1) is 16.5 Å². The Morgan fingerprint density at radius 2 is 1.66 bits per heavy atom. The number of nitrogens with one attached hydrogen (secondary N) is 2. The molecule has 0 unspecified atom stereocenters. The van der Waals surface area contributed by atoms with Crippen molar-refractivity contribution < 1.29 is 33.1 Å². The molecule has 4 rings (SSSR count). The second-order valence-corrected chi connectivity index (χ2v) is 25.7. The Labute approximate surface area is 360 Å². The Bertz CT molecular complexity index is 1830. The third-order valence-corrected chi connectivity index (χ3v) is 16.7. The van der Waals surface area contributed by atoms with Crippen LogP contribution >= 0.6 is 34.8 Å². The number of ether oxygens (including phenoxy) is 2. The van der Waals surface area contributed by atoms with Crippen molar-refractivity contribution in [1.82, 2.24) is 20.7 Å². The summed E-state index contributed by atoms with van der Waals surface area (Å²) < 4.78 is 16.5. The van der Waals surface area contributed by atoms with E-state index in [9.17, 15) is 19.2 Å². The smallest absolute Gasteiger partial charge is 0.325 e. The molecular weight excluding hydrogens is 819 g/mol. The number of halogens is 3. The number of fused-ring (bicyclic) bond motifs is 1. The Hall–Kier alpha value is -2.74. The van der Waals surface area contributed by atoms with Gasteiger partial charge in [-0.25, -0.2) is 5.43 Å². The number of carbonyl (C=O) groups excluding carboxylic acids is 4. The molecule has 0 spiro atoms. The maximum Gasteiger partial charge on any atom is 0.325 e. The molecule has 3 atom stereocenters. The Morgan fingerprint density at radius 1 is 1.02 bits per heavy atom. The van der Waals surface area contributed by atoms with Gasteiger partial charge in [-0.2, -0.15) is 0 Å². The van der Waals surface area contributed by atoms with Crippen molar-refractivity contribution in [2.45, 2.75) is 152 Å². The molecule has 2 fully saturated rings. The van der Waals surface area contributed by atoms with Crippen LogP contribution in [0.25, 0.3) is 17.0 Å². The van der Waals surface area contributed by atoms with E-state index in [1.807, 2.05) is 36.4 Å². The van der Waals surface area contributed by atoms with Gasteiger partial charge >= 0.3 is 11.9 Å². The molecule has 322 valence electrons. The maximum absolute atomic E-state index is 14.6. The zero-order chi connectivity index (χ0) is 43.4. The largest absolute Gasteiger partial charge is 0.460 e. The number of carbonyl (C=O) groups is 4. The third kappa shape index (κ3) is 12.4. The number of nitrogens with zero attached hydrogens (tertiary/aromatic N) is 2. The first kappa shape index (κ1) is 47.9. The lowest BCUT2D eigenvalue weighted by Crippen LogP contribution is -2.60. The topological polar surface area (TPSA) is 136 Å². The summed E-state index contributed by atoms with van der Waals surface area (Å²) in [5.74, 6) is -2.36. The molecule has 15 heteroatoms. The number of hydrogen-bond acceptors (Lipinski definition) is 9. The molecule has 0 radical (unpaired) electrons. The molecular formula is C43H63Cl3N4O7Si. The molecule has 2 aliphatic rings. The van der Waals surface area contributed by atoms with E-state index in [0.717, 1.165) is 22.2 Å². The summed E-state index contributed by atoms with van der Waals surface area (Å²) in [6.45, 7) is 22.5. The van der Waals surface area contributed by atoms with Crippen LogP contribution in [0, 0.1) is 11.3 Å². The third-order valence-electron chi connectivity index (χ3n) is 11.8. The van der Waals surface area contributed by atoms with Crippen LogP contribution in [0.5, 0.6) is 0 Å². The monoisotopic (exact) mass is 880 g/mol. The van der Waals surface area contributed by atoms with Crippen LogP contribution in [-0.2, 0) is 33.1 Å². The zero-order valence-corrected chi connectivity index (χ0v) is 39.2. The normalized spacial score (nSPS) is 23.2. The summed E-state index contributed by atoms with van der Waals surface area (Å²) in [6.07, 6.45) is 5.80. The van der Waals surface area contributed by atoms with E-state index in [2.05, 4.69) is 71.4 Å². The number of rotatable bonds is 13. The first-order valence-corrected chi connectivity index (χ1v) is 24.4. The quantitative estimate of drug-likeness (QED) is 0.115. The summed E-state index contributed by atoms with van der Waals surface area (Å²) in [7, 11) is -2.13. The number of hydrazine groups is 1. The molecule has 1 aliphatic carbocycles. The Balaban J connectivity index is 1.54. The van der Waals surface area contributed by atoms with Gasteiger partial charge in [-0.15, -0.1) is 0 Å². The number of aromatic nitrogens is 1. The van der Waals surface area contributed by atoms with Crippen molar-refractivity contribution in [1.29, 1.82) is 0 Å². The van der Waals surface area contributed by atoms with Crippen LogP contribution in [0.1, 0.15) is 118 Å². The lowest BCUT2D eigenvalue weighted by atomic mass is 9.68. The number of hydrogen-bond donors (Lipinski definition) is 2. The van der Waals surface area contributed by atoms with Gasteiger partial charge in [0, 0.05) is 17.6 Å². The highest BCUT2D eigenvalue weighted by Gasteiger charge is 2.50. The number of esters is 2. The van der Waals surface area contributed by atoms with Crippen molar-refractivity contribution in [2.75, 3.05) is 13.2 Å². The van der Waals surface area contributed by atoms with Crippen LogP contribution in [0.3, 0.4) is 0 Å². The Kier molecular flexibility index (Phi) is 15.6. The lowest BCUT2D eigenvalue weighted by Gasteiger charge is -2.48. The highest BCUT2D eigenvalue weighted by molar-refractivity contribution is 6.74. The van der Waals surface area contributed by atoms with Crippen molar-refractivity contribution in [3.63, 3.8) is 0 Å². The van der Waals surface area contributed by atoms with Gasteiger partial charge in [0.25, 0.3) is 11.8 Å². The number of amides is 2. The average Bonchev–Trinajstić information content (AvgIpc) is 3.13. The van der Waals surface area contributed by atoms with E-state index >= 15 is 0 Å². The molecule has 11 nitrogen and oxygen atoms in total. The van der Waals surface area contributed by atoms with Gasteiger partial charge in [-0.05, 0) is 100 Å². The van der Waals surface area contributed by atoms with E-state index in [1.54, 1.807) is 20.8 Å². The predicted molar refractivity (Wildman–Crippen MR) is 234 cm³/mol. The molecule has 2 aromatic rings. The van der Waals surface area contributed by atoms with E-state index in [0.29, 0.717) is 45.1 Å². The first-order chi connectivity index (χ1) is 26.7. The first-order valence-electron chi connectivity index (χ1n) is 20.4. The van der Waals surface area contributed by atoms with Gasteiger partial charge in [-0.3, -0.25) is 29.2 Å². The lowest BCUT2D eigenvalue weighted by molar-refractivity contribution is -0.169. The number of alkyl halides is 3. The van der Waals surface area contributed by atoms with Crippen molar-refractivity contribution in [2.24, 2.45) is 11.3 Å². The van der Waals surface area contributed by atoms with Crippen molar-refractivity contribution in [3.05, 3.63) is 47.7 Å². The van der Waals surface area contributed by atoms with Gasteiger partial charge in [0.15, 0.2) is 14.4 Å². The van der Waals surface area contributed by atoms with Crippen molar-refractivity contribution in [3.8, 4) is 0 Å². The number of pyridine rings is 1. The van der Waals surface area contributed by atoms with Gasteiger partial charge in [0.2, 0.25) is 3.79 Å². The molecule has 2 heterocycles. The highest BCUT2D eigenvalue weighted by atomic mass is 35.6. The molecule has 58 heavy (non-hydrogen) atoms. The fourth-order valence-electron chi connectivity index (χ4n) is 7.05. The fourth-order valence-corrected chi connectivity index (χ4v) is 8.96. The molecule has 2 amide bonds. The summed E-state index contributed by atoms with van der Waals surface area (Å²) in [6, 6.07) is 8.34. The van der Waals surface area contributed by atoms with E-state index < -0.39 is 77.6 Å². The van der Waals surface area contributed by atoms with Gasteiger partial charge in [0.1, 0.15) is 18.7 Å². The Morgan fingerprint density at radius 3 is 2.24 bits per heavy atom. The summed E-state index contributed by atoms with van der Waals surface area (Å²) in [5, 5.41) is 5.08.